The smallest absolute Gasteiger partial charge is 0.317 e. The van der Waals surface area contributed by atoms with Crippen molar-refractivity contribution in [2.45, 2.75) is 33.1 Å². The molecule has 3 aromatic rings. The number of carbonyl (C=O) groups is 2. The van der Waals surface area contributed by atoms with Gasteiger partial charge in [0.25, 0.3) is 5.78 Å². The number of carbonyl (C=O) groups excluding carboxylic acids is 2. The van der Waals surface area contributed by atoms with Crippen molar-refractivity contribution >= 4 is 23.6 Å². The van der Waals surface area contributed by atoms with Crippen LogP contribution in [0.3, 0.4) is 0 Å². The molecule has 1 saturated heterocycles. The number of benzene rings is 1. The number of amides is 2. The predicted molar refractivity (Wildman–Crippen MR) is 134 cm³/mol. The molecule has 0 aliphatic carbocycles. The number of nitrogens with zero attached hydrogens (tertiary/aromatic N) is 6. The van der Waals surface area contributed by atoms with Crippen molar-refractivity contribution < 1.29 is 19.1 Å². The Hall–Kier alpha value is -3.89. The lowest BCUT2D eigenvalue weighted by atomic mass is 10.1. The number of aromatic nitrogens is 4. The van der Waals surface area contributed by atoms with Gasteiger partial charge in [0.2, 0.25) is 0 Å². The Labute approximate surface area is 210 Å². The molecule has 1 N–H and O–H groups in total. The highest BCUT2D eigenvalue weighted by Crippen LogP contribution is 2.26. The normalized spacial score (nSPS) is 13.6. The van der Waals surface area contributed by atoms with Crippen molar-refractivity contribution in [3.8, 4) is 5.75 Å². The molecule has 1 aliphatic rings. The summed E-state index contributed by atoms with van der Waals surface area (Å²) in [7, 11) is 1.64. The Morgan fingerprint density at radius 3 is 2.53 bits per heavy atom. The van der Waals surface area contributed by atoms with E-state index in [-0.39, 0.29) is 18.4 Å². The summed E-state index contributed by atoms with van der Waals surface area (Å²) in [6.45, 7) is 7.05. The first-order chi connectivity index (χ1) is 17.5. The number of fused-ring (bicyclic) bond motifs is 1. The number of nitrogens with one attached hydrogen (secondary N) is 1. The van der Waals surface area contributed by atoms with E-state index >= 15 is 0 Å². The fourth-order valence-electron chi connectivity index (χ4n) is 4.39. The molecule has 11 heteroatoms. The van der Waals surface area contributed by atoms with Crippen LogP contribution in [-0.2, 0) is 22.4 Å². The molecule has 0 unspecified atom stereocenters. The molecule has 0 saturated carbocycles. The number of hydrogen-bond acceptors (Lipinski definition) is 8. The number of piperazine rings is 1. The third-order valence-electron chi connectivity index (χ3n) is 6.30. The van der Waals surface area contributed by atoms with Crippen LogP contribution in [0.4, 0.5) is 10.6 Å². The molecular formula is C25H33N7O4. The second-order valence-electron chi connectivity index (χ2n) is 8.58. The monoisotopic (exact) mass is 495 g/mol. The van der Waals surface area contributed by atoms with Gasteiger partial charge in [0.1, 0.15) is 17.9 Å². The Morgan fingerprint density at radius 2 is 1.83 bits per heavy atom. The first kappa shape index (κ1) is 25.2. The average Bonchev–Trinajstić information content (AvgIpc) is 3.35. The van der Waals surface area contributed by atoms with Crippen molar-refractivity contribution in [1.82, 2.24) is 29.8 Å². The van der Waals surface area contributed by atoms with E-state index in [2.05, 4.69) is 25.3 Å². The van der Waals surface area contributed by atoms with E-state index in [1.54, 1.807) is 18.5 Å². The lowest BCUT2D eigenvalue weighted by molar-refractivity contribution is -0.143. The molecule has 1 aliphatic heterocycles. The molecule has 36 heavy (non-hydrogen) atoms. The maximum absolute atomic E-state index is 12.8. The van der Waals surface area contributed by atoms with Crippen LogP contribution in [0.25, 0.3) is 5.78 Å². The summed E-state index contributed by atoms with van der Waals surface area (Å²) in [5.74, 6) is 1.97. The number of aryl methyl sites for hydroxylation is 1. The maximum atomic E-state index is 12.8. The summed E-state index contributed by atoms with van der Waals surface area (Å²) in [5, 5.41) is 7.40. The van der Waals surface area contributed by atoms with Gasteiger partial charge in [-0.15, -0.1) is 0 Å². The third kappa shape index (κ3) is 5.84. The van der Waals surface area contributed by atoms with E-state index in [9.17, 15) is 9.59 Å². The molecule has 0 radical (unpaired) electrons. The number of rotatable bonds is 9. The molecule has 1 aromatic carbocycles. The van der Waals surface area contributed by atoms with Crippen molar-refractivity contribution in [2.75, 3.05) is 51.3 Å². The molecule has 1 fully saturated rings. The largest absolute Gasteiger partial charge is 0.497 e. The summed E-state index contributed by atoms with van der Waals surface area (Å²) >= 11 is 0. The standard InChI is InChI=1S/C25H33N7O4/c1-4-36-22(33)10-9-21-18(2)29-24-27-17-28-32(24)23(21)30-13-15-31(16-14-30)25(34)26-12-11-19-5-7-20(35-3)8-6-19/h5-8,17H,4,9-16H2,1-3H3,(H,26,34). The second kappa shape index (κ2) is 11.7. The number of methoxy groups -OCH3 is 1. The van der Waals surface area contributed by atoms with E-state index in [4.69, 9.17) is 9.47 Å². The van der Waals surface area contributed by atoms with Gasteiger partial charge in [-0.2, -0.15) is 14.6 Å². The summed E-state index contributed by atoms with van der Waals surface area (Å²) in [4.78, 5) is 37.6. The van der Waals surface area contributed by atoms with E-state index in [1.807, 2.05) is 36.1 Å². The number of anilines is 1. The summed E-state index contributed by atoms with van der Waals surface area (Å²) in [5.41, 5.74) is 2.90. The van der Waals surface area contributed by atoms with Crippen LogP contribution in [0.5, 0.6) is 5.75 Å². The summed E-state index contributed by atoms with van der Waals surface area (Å²) < 4.78 is 12.0. The van der Waals surface area contributed by atoms with Crippen molar-refractivity contribution in [1.29, 1.82) is 0 Å². The number of hydrogen-bond donors (Lipinski definition) is 1. The van der Waals surface area contributed by atoms with Gasteiger partial charge in [0.05, 0.1) is 13.7 Å². The van der Waals surface area contributed by atoms with Gasteiger partial charge >= 0.3 is 12.0 Å². The van der Waals surface area contributed by atoms with E-state index < -0.39 is 0 Å². The number of esters is 1. The average molecular weight is 496 g/mol. The van der Waals surface area contributed by atoms with Crippen molar-refractivity contribution in [2.24, 2.45) is 0 Å². The molecule has 2 aromatic heterocycles. The Kier molecular flexibility index (Phi) is 8.19. The van der Waals surface area contributed by atoms with Gasteiger partial charge in [0, 0.05) is 50.4 Å². The van der Waals surface area contributed by atoms with Crippen LogP contribution < -0.4 is 15.0 Å². The van der Waals surface area contributed by atoms with Gasteiger partial charge in [-0.05, 0) is 44.4 Å². The van der Waals surface area contributed by atoms with Crippen molar-refractivity contribution in [3.05, 3.63) is 47.4 Å². The lowest BCUT2D eigenvalue weighted by Crippen LogP contribution is -2.52. The van der Waals surface area contributed by atoms with Gasteiger partial charge < -0.3 is 24.6 Å². The fraction of sp³-hybridized carbons (Fsp3) is 0.480. The van der Waals surface area contributed by atoms with Gasteiger partial charge in [-0.1, -0.05) is 12.1 Å². The molecule has 0 atom stereocenters. The van der Waals surface area contributed by atoms with Crippen LogP contribution >= 0.6 is 0 Å². The van der Waals surface area contributed by atoms with E-state index in [0.717, 1.165) is 34.8 Å². The first-order valence-electron chi connectivity index (χ1n) is 12.3. The van der Waals surface area contributed by atoms with Gasteiger partial charge in [-0.3, -0.25) is 4.79 Å². The number of urea groups is 1. The van der Waals surface area contributed by atoms with Crippen LogP contribution in [0.2, 0.25) is 0 Å². The molecule has 3 heterocycles. The molecule has 2 amide bonds. The Bertz CT molecular complexity index is 1190. The van der Waals surface area contributed by atoms with E-state index in [0.29, 0.717) is 51.5 Å². The minimum absolute atomic E-state index is 0.0671. The minimum atomic E-state index is -0.238. The topological polar surface area (TPSA) is 114 Å². The Morgan fingerprint density at radius 1 is 1.08 bits per heavy atom. The molecule has 192 valence electrons. The number of ether oxygens (including phenoxy) is 2. The van der Waals surface area contributed by atoms with Crippen LogP contribution in [0.1, 0.15) is 30.2 Å². The van der Waals surface area contributed by atoms with Gasteiger partial charge in [-0.25, -0.2) is 9.78 Å². The maximum Gasteiger partial charge on any atom is 0.317 e. The van der Waals surface area contributed by atoms with E-state index in [1.165, 1.54) is 6.33 Å². The molecular weight excluding hydrogens is 462 g/mol. The zero-order valence-corrected chi connectivity index (χ0v) is 21.1. The molecule has 11 nitrogen and oxygen atoms in total. The predicted octanol–water partition coefficient (Wildman–Crippen LogP) is 2.01. The molecule has 4 rings (SSSR count). The van der Waals surface area contributed by atoms with Crippen LogP contribution in [0.15, 0.2) is 30.6 Å². The summed E-state index contributed by atoms with van der Waals surface area (Å²) in [6.07, 6.45) is 2.99. The summed E-state index contributed by atoms with van der Waals surface area (Å²) in [6, 6.07) is 7.78. The Balaban J connectivity index is 1.37. The molecule has 0 bridgehead atoms. The highest BCUT2D eigenvalue weighted by atomic mass is 16.5. The quantitative estimate of drug-likeness (QED) is 0.449. The molecule has 0 spiro atoms. The zero-order valence-electron chi connectivity index (χ0n) is 21.1. The first-order valence-corrected chi connectivity index (χ1v) is 12.3. The highest BCUT2D eigenvalue weighted by Gasteiger charge is 2.26. The van der Waals surface area contributed by atoms with Crippen LogP contribution in [0, 0.1) is 6.92 Å². The SMILES string of the molecule is CCOC(=O)CCc1c(C)nc2ncnn2c1N1CCN(C(=O)NCCc2ccc(OC)cc2)CC1. The minimum Gasteiger partial charge on any atom is -0.497 e. The van der Waals surface area contributed by atoms with Gasteiger partial charge in [0.15, 0.2) is 0 Å². The third-order valence-corrected chi connectivity index (χ3v) is 6.30. The second-order valence-corrected chi connectivity index (χ2v) is 8.58. The van der Waals surface area contributed by atoms with Crippen molar-refractivity contribution in [3.63, 3.8) is 0 Å². The lowest BCUT2D eigenvalue weighted by Gasteiger charge is -2.37. The fourth-order valence-corrected chi connectivity index (χ4v) is 4.39. The highest BCUT2D eigenvalue weighted by molar-refractivity contribution is 5.74. The zero-order chi connectivity index (χ0) is 25.5. The van der Waals surface area contributed by atoms with Crippen LogP contribution in [-0.4, -0.2) is 82.9 Å².